The largest absolute Gasteiger partial charge is 0.330 e. The lowest BCUT2D eigenvalue weighted by Gasteiger charge is -2.39. The van der Waals surface area contributed by atoms with Crippen LogP contribution in [-0.4, -0.2) is 24.3 Å². The van der Waals surface area contributed by atoms with Gasteiger partial charge in [0, 0.05) is 5.54 Å². The van der Waals surface area contributed by atoms with Crippen molar-refractivity contribution < 1.29 is 0 Å². The number of rotatable bonds is 4. The first-order valence-electron chi connectivity index (χ1n) is 5.41. The quantitative estimate of drug-likeness (QED) is 0.490. The second-order valence-corrected chi connectivity index (χ2v) is 5.75. The lowest BCUT2D eigenvalue weighted by molar-refractivity contribution is 0.269. The van der Waals surface area contributed by atoms with E-state index in [9.17, 15) is 0 Å². The van der Waals surface area contributed by atoms with E-state index in [-0.39, 0.29) is 5.54 Å². The summed E-state index contributed by atoms with van der Waals surface area (Å²) in [6, 6.07) is 0. The summed E-state index contributed by atoms with van der Waals surface area (Å²) in [5, 5.41) is 0.351. The van der Waals surface area contributed by atoms with Crippen LogP contribution in [0.15, 0.2) is 0 Å². The number of nitrogens with zero attached hydrogens (tertiary/aromatic N) is 1. The average Bonchev–Trinajstić information content (AvgIpc) is 2.02. The highest BCUT2D eigenvalue weighted by molar-refractivity contribution is 6.36. The van der Waals surface area contributed by atoms with Crippen molar-refractivity contribution in [3.63, 3.8) is 0 Å². The molecule has 0 aliphatic rings. The molecule has 0 heterocycles. The van der Waals surface area contributed by atoms with Gasteiger partial charge < -0.3 is 4.81 Å². The molecule has 14 heavy (non-hydrogen) atoms. The Morgan fingerprint density at radius 1 is 1.21 bits per heavy atom. The van der Waals surface area contributed by atoms with Crippen LogP contribution < -0.4 is 0 Å². The molecule has 0 rings (SSSR count). The average molecular weight is 193 g/mol. The molecule has 0 aromatic carbocycles. The third-order valence-corrected chi connectivity index (χ3v) is 2.81. The molecule has 0 atom stereocenters. The molecule has 2 heteroatoms. The zero-order valence-electron chi connectivity index (χ0n) is 10.6. The van der Waals surface area contributed by atoms with Gasteiger partial charge in [0.05, 0.1) is 6.54 Å². The maximum absolute atomic E-state index is 5.39. The minimum atomic E-state index is 0.165. The third-order valence-electron chi connectivity index (χ3n) is 2.81. The van der Waals surface area contributed by atoms with Crippen LogP contribution in [0.3, 0.4) is 0 Å². The van der Waals surface area contributed by atoms with E-state index in [2.05, 4.69) is 52.3 Å². The van der Waals surface area contributed by atoms with Crippen LogP contribution >= 0.6 is 0 Å². The summed E-state index contributed by atoms with van der Waals surface area (Å²) in [5.41, 5.74) is 0.165. The van der Waals surface area contributed by atoms with Gasteiger partial charge in [-0.15, -0.1) is 6.42 Å². The fourth-order valence-electron chi connectivity index (χ4n) is 1.27. The molecule has 0 aliphatic carbocycles. The molecule has 0 N–H and O–H groups in total. The molecule has 0 aliphatic heterocycles. The van der Waals surface area contributed by atoms with Gasteiger partial charge in [0.15, 0.2) is 0 Å². The van der Waals surface area contributed by atoms with E-state index in [0.29, 0.717) is 5.31 Å². The van der Waals surface area contributed by atoms with Crippen LogP contribution in [0, 0.1) is 12.3 Å². The smallest absolute Gasteiger partial charge is 0.211 e. The highest BCUT2D eigenvalue weighted by Crippen LogP contribution is 2.29. The first-order valence-corrected chi connectivity index (χ1v) is 5.41. The van der Waals surface area contributed by atoms with E-state index >= 15 is 0 Å². The molecule has 0 aromatic rings. The SMILES string of the molecule is C#CCN(BC(C)(C)CC)C(C)(C)C. The topological polar surface area (TPSA) is 3.24 Å². The fourth-order valence-corrected chi connectivity index (χ4v) is 1.27. The van der Waals surface area contributed by atoms with E-state index in [4.69, 9.17) is 6.42 Å². The Kier molecular flexibility index (Phi) is 4.75. The Morgan fingerprint density at radius 2 is 1.71 bits per heavy atom. The molecule has 0 saturated heterocycles. The first kappa shape index (κ1) is 13.6. The molecule has 0 radical (unpaired) electrons. The van der Waals surface area contributed by atoms with Crippen LogP contribution in [0.5, 0.6) is 0 Å². The highest BCUT2D eigenvalue weighted by Gasteiger charge is 2.28. The first-order chi connectivity index (χ1) is 6.23. The van der Waals surface area contributed by atoms with Gasteiger partial charge in [-0.05, 0) is 26.1 Å². The summed E-state index contributed by atoms with van der Waals surface area (Å²) in [5.74, 6) is 2.75. The van der Waals surface area contributed by atoms with E-state index < -0.39 is 0 Å². The fraction of sp³-hybridized carbons (Fsp3) is 0.833. The molecule has 0 bridgehead atoms. The van der Waals surface area contributed by atoms with Crippen molar-refractivity contribution in [2.24, 2.45) is 0 Å². The molecular formula is C12H24BN. The van der Waals surface area contributed by atoms with Crippen molar-refractivity contribution in [2.75, 3.05) is 6.54 Å². The second-order valence-electron chi connectivity index (χ2n) is 5.75. The molecule has 80 valence electrons. The number of hydrogen-bond donors (Lipinski definition) is 0. The van der Waals surface area contributed by atoms with E-state index in [1.165, 1.54) is 6.42 Å². The summed E-state index contributed by atoms with van der Waals surface area (Å²) in [6.07, 6.45) is 6.58. The van der Waals surface area contributed by atoms with Crippen molar-refractivity contribution in [1.82, 2.24) is 4.81 Å². The van der Waals surface area contributed by atoms with Gasteiger partial charge in [-0.2, -0.15) is 0 Å². The maximum atomic E-state index is 5.39. The summed E-state index contributed by atoms with van der Waals surface area (Å²) < 4.78 is 0. The van der Waals surface area contributed by atoms with E-state index in [1.807, 2.05) is 0 Å². The monoisotopic (exact) mass is 193 g/mol. The number of terminal acetylenes is 1. The molecule has 0 spiro atoms. The van der Waals surface area contributed by atoms with Gasteiger partial charge in [0.25, 0.3) is 0 Å². The summed E-state index contributed by atoms with van der Waals surface area (Å²) >= 11 is 0. The van der Waals surface area contributed by atoms with Gasteiger partial charge in [-0.3, -0.25) is 0 Å². The summed E-state index contributed by atoms with van der Waals surface area (Å²) in [4.78, 5) is 2.37. The van der Waals surface area contributed by atoms with Gasteiger partial charge in [-0.1, -0.05) is 33.1 Å². The normalized spacial score (nSPS) is 12.7. The van der Waals surface area contributed by atoms with Crippen molar-refractivity contribution in [1.29, 1.82) is 0 Å². The molecule has 0 fully saturated rings. The number of hydrogen-bond acceptors (Lipinski definition) is 1. The Bertz CT molecular complexity index is 207. The van der Waals surface area contributed by atoms with E-state index in [0.717, 1.165) is 14.0 Å². The van der Waals surface area contributed by atoms with Crippen LogP contribution in [0.25, 0.3) is 0 Å². The van der Waals surface area contributed by atoms with Crippen LogP contribution in [-0.2, 0) is 0 Å². The predicted molar refractivity (Wildman–Crippen MR) is 66.8 cm³/mol. The molecular weight excluding hydrogens is 169 g/mol. The van der Waals surface area contributed by atoms with Crippen LogP contribution in [0.2, 0.25) is 5.31 Å². The molecule has 0 aromatic heterocycles. The van der Waals surface area contributed by atoms with Gasteiger partial charge >= 0.3 is 0 Å². The Morgan fingerprint density at radius 3 is 2.00 bits per heavy atom. The summed E-state index contributed by atoms with van der Waals surface area (Å²) in [6.45, 7) is 14.2. The van der Waals surface area contributed by atoms with Gasteiger partial charge in [0.1, 0.15) is 0 Å². The van der Waals surface area contributed by atoms with Crippen molar-refractivity contribution in [2.45, 2.75) is 58.8 Å². The van der Waals surface area contributed by atoms with Gasteiger partial charge in [-0.25, -0.2) is 0 Å². The Labute approximate surface area is 90.5 Å². The Balaban J connectivity index is 4.48. The van der Waals surface area contributed by atoms with E-state index in [1.54, 1.807) is 0 Å². The summed E-state index contributed by atoms with van der Waals surface area (Å²) in [7, 11) is 1.07. The Hall–Kier alpha value is -0.415. The zero-order valence-corrected chi connectivity index (χ0v) is 10.6. The maximum Gasteiger partial charge on any atom is 0.211 e. The molecule has 0 saturated carbocycles. The highest BCUT2D eigenvalue weighted by atomic mass is 15.1. The van der Waals surface area contributed by atoms with Crippen molar-refractivity contribution >= 4 is 7.41 Å². The molecule has 0 unspecified atom stereocenters. The molecule has 0 amide bonds. The van der Waals surface area contributed by atoms with Gasteiger partial charge in [0.2, 0.25) is 7.41 Å². The van der Waals surface area contributed by atoms with Crippen molar-refractivity contribution in [3.05, 3.63) is 0 Å². The lowest BCUT2D eigenvalue weighted by Crippen LogP contribution is -2.47. The predicted octanol–water partition coefficient (Wildman–Crippen LogP) is 2.68. The lowest BCUT2D eigenvalue weighted by atomic mass is 9.59. The third kappa shape index (κ3) is 4.72. The van der Waals surface area contributed by atoms with Crippen LogP contribution in [0.1, 0.15) is 48.0 Å². The van der Waals surface area contributed by atoms with Crippen LogP contribution in [0.4, 0.5) is 0 Å². The van der Waals surface area contributed by atoms with Crippen molar-refractivity contribution in [3.8, 4) is 12.3 Å². The minimum absolute atomic E-state index is 0.165. The standard InChI is InChI=1S/C12H24BN/c1-8-10-14(11(3,4)5)13-12(6,7)9-2/h1,13H,9-10H2,2-7H3. The second kappa shape index (κ2) is 4.89. The zero-order chi connectivity index (χ0) is 11.4. The minimum Gasteiger partial charge on any atom is -0.330 e. The molecule has 1 nitrogen and oxygen atoms in total.